The Morgan fingerprint density at radius 3 is 2.68 bits per heavy atom. The van der Waals surface area contributed by atoms with Gasteiger partial charge in [0, 0.05) is 0 Å². The van der Waals surface area contributed by atoms with Gasteiger partial charge >= 0.3 is 0 Å². The van der Waals surface area contributed by atoms with E-state index in [2.05, 4.69) is 47.2 Å². The van der Waals surface area contributed by atoms with Crippen LogP contribution in [0.4, 0.5) is 0 Å². The molecule has 0 unspecified atom stereocenters. The van der Waals surface area contributed by atoms with Crippen molar-refractivity contribution in [1.82, 2.24) is 0 Å². The van der Waals surface area contributed by atoms with Crippen molar-refractivity contribution < 1.29 is 4.84 Å². The third-order valence-corrected chi connectivity index (χ3v) is 3.88. The molecule has 22 heavy (non-hydrogen) atoms. The highest BCUT2D eigenvalue weighted by Gasteiger charge is 2.02. The number of hydrogen-bond donors (Lipinski definition) is 0. The number of oxime groups is 1. The van der Waals surface area contributed by atoms with Crippen LogP contribution in [0.2, 0.25) is 0 Å². The van der Waals surface area contributed by atoms with Crippen molar-refractivity contribution >= 4 is 5.71 Å². The zero-order valence-electron chi connectivity index (χ0n) is 13.1. The molecule has 2 aromatic rings. The molecule has 0 radical (unpaired) electrons. The van der Waals surface area contributed by atoms with Gasteiger partial charge in [0.1, 0.15) is 13.3 Å². The molecule has 0 saturated carbocycles. The van der Waals surface area contributed by atoms with Crippen molar-refractivity contribution in [1.29, 1.82) is 0 Å². The molecule has 4 nitrogen and oxygen atoms in total. The highest BCUT2D eigenvalue weighted by atomic mass is 16.6. The van der Waals surface area contributed by atoms with Gasteiger partial charge in [0.25, 0.3) is 0 Å². The maximum atomic E-state index is 5.48. The van der Waals surface area contributed by atoms with Gasteiger partial charge in [0.15, 0.2) is 0 Å². The lowest BCUT2D eigenvalue weighted by Gasteiger charge is -2.05. The van der Waals surface area contributed by atoms with Crippen LogP contribution in [0.3, 0.4) is 0 Å². The van der Waals surface area contributed by atoms with E-state index in [0.717, 1.165) is 27.6 Å². The highest BCUT2D eigenvalue weighted by Crippen LogP contribution is 2.11. The normalized spacial score (nSPS) is 13.3. The molecule has 2 aromatic carbocycles. The fraction of sp³-hybridized carbons (Fsp3) is 0.278. The first-order valence-electron chi connectivity index (χ1n) is 7.35. The summed E-state index contributed by atoms with van der Waals surface area (Å²) >= 11 is 0. The molecule has 0 fully saturated rings. The summed E-state index contributed by atoms with van der Waals surface area (Å²) in [4.78, 5) is 14.1. The first-order valence-corrected chi connectivity index (χ1v) is 7.35. The number of benzene rings is 2. The highest BCUT2D eigenvalue weighted by molar-refractivity contribution is 5.98. The summed E-state index contributed by atoms with van der Waals surface area (Å²) in [7, 11) is 0. The molecule has 0 bridgehead atoms. The smallest absolute Gasteiger partial charge is 0.142 e. The first-order chi connectivity index (χ1) is 10.6. The lowest BCUT2D eigenvalue weighted by molar-refractivity contribution is 0.130. The summed E-state index contributed by atoms with van der Waals surface area (Å²) in [5, 5.41) is 6.11. The third-order valence-electron chi connectivity index (χ3n) is 3.88. The van der Waals surface area contributed by atoms with E-state index in [0.29, 0.717) is 13.3 Å². The minimum Gasteiger partial charge on any atom is -0.391 e. The summed E-state index contributed by atoms with van der Waals surface area (Å²) in [6.45, 7) is 7.13. The van der Waals surface area contributed by atoms with Gasteiger partial charge in [-0.25, -0.2) is 0 Å². The van der Waals surface area contributed by atoms with Crippen molar-refractivity contribution in [2.24, 2.45) is 15.1 Å². The number of nitrogens with zero attached hydrogens (tertiary/aromatic N) is 3. The molecule has 0 aromatic heterocycles. The van der Waals surface area contributed by atoms with E-state index in [9.17, 15) is 0 Å². The molecule has 0 N–H and O–H groups in total. The van der Waals surface area contributed by atoms with Gasteiger partial charge in [0.05, 0.1) is 16.4 Å². The number of aryl methyl sites for hydroxylation is 2. The topological polar surface area (TPSA) is 46.3 Å². The standard InChI is InChI=1S/C18H19N3O/c1-12-4-6-16(8-13(12)2)14(3)21-22-10-15-5-7-17-18(9-15)20-11-19-17/h4-9H,10-11H2,1-3H3/b21-14+. The monoisotopic (exact) mass is 293 g/mol. The van der Waals surface area contributed by atoms with Crippen LogP contribution in [0.1, 0.15) is 29.2 Å². The van der Waals surface area contributed by atoms with Crippen molar-refractivity contribution in [2.75, 3.05) is 6.67 Å². The Bertz CT molecular complexity index is 853. The molecule has 4 heteroatoms. The van der Waals surface area contributed by atoms with E-state index in [1.54, 1.807) is 0 Å². The Kier molecular flexibility index (Phi) is 4.00. The van der Waals surface area contributed by atoms with Gasteiger partial charge in [-0.2, -0.15) is 0 Å². The van der Waals surface area contributed by atoms with Crippen LogP contribution in [0.5, 0.6) is 0 Å². The number of rotatable bonds is 4. The molecule has 112 valence electrons. The fourth-order valence-electron chi connectivity index (χ4n) is 2.33. The van der Waals surface area contributed by atoms with E-state index in [4.69, 9.17) is 4.84 Å². The van der Waals surface area contributed by atoms with E-state index >= 15 is 0 Å². The van der Waals surface area contributed by atoms with Crippen LogP contribution in [-0.4, -0.2) is 12.4 Å². The summed E-state index contributed by atoms with van der Waals surface area (Å²) in [5.41, 5.74) is 5.56. The minimum absolute atomic E-state index is 0.435. The third kappa shape index (κ3) is 3.06. The average molecular weight is 293 g/mol. The quantitative estimate of drug-likeness (QED) is 0.631. The second-order valence-corrected chi connectivity index (χ2v) is 5.53. The number of fused-ring (bicyclic) bond motifs is 1. The van der Waals surface area contributed by atoms with E-state index < -0.39 is 0 Å². The Labute approximate surface area is 129 Å². The van der Waals surface area contributed by atoms with Crippen molar-refractivity contribution in [3.8, 4) is 0 Å². The largest absolute Gasteiger partial charge is 0.391 e. The number of hydrogen-bond acceptors (Lipinski definition) is 4. The summed E-state index contributed by atoms with van der Waals surface area (Å²) in [5.74, 6) is 0. The zero-order valence-corrected chi connectivity index (χ0v) is 13.1. The predicted octanol–water partition coefficient (Wildman–Crippen LogP) is 2.45. The fourth-order valence-corrected chi connectivity index (χ4v) is 2.33. The lowest BCUT2D eigenvalue weighted by atomic mass is 10.0. The SMILES string of the molecule is C/C(=N\OCc1ccc2c(c1)=NCN=2)c1ccc(C)c(C)c1. The molecule has 1 aliphatic heterocycles. The van der Waals surface area contributed by atoms with E-state index in [1.165, 1.54) is 11.1 Å². The second-order valence-electron chi connectivity index (χ2n) is 5.53. The van der Waals surface area contributed by atoms with Gasteiger partial charge in [-0.05, 0) is 61.2 Å². The van der Waals surface area contributed by atoms with Crippen LogP contribution in [0.15, 0.2) is 51.5 Å². The maximum absolute atomic E-state index is 5.48. The molecule has 1 heterocycles. The van der Waals surface area contributed by atoms with Gasteiger partial charge in [-0.1, -0.05) is 23.4 Å². The summed E-state index contributed by atoms with van der Waals surface area (Å²) in [6, 6.07) is 12.3. The van der Waals surface area contributed by atoms with Crippen molar-refractivity contribution in [2.45, 2.75) is 27.4 Å². The zero-order chi connectivity index (χ0) is 15.5. The molecule has 3 rings (SSSR count). The van der Waals surface area contributed by atoms with Crippen molar-refractivity contribution in [3.63, 3.8) is 0 Å². The van der Waals surface area contributed by atoms with Crippen molar-refractivity contribution in [3.05, 3.63) is 69.4 Å². The van der Waals surface area contributed by atoms with Gasteiger partial charge < -0.3 is 4.84 Å². The molecule has 1 aliphatic rings. The summed E-state index contributed by atoms with van der Waals surface area (Å²) < 4.78 is 0. The van der Waals surface area contributed by atoms with E-state index in [-0.39, 0.29) is 0 Å². The van der Waals surface area contributed by atoms with Gasteiger partial charge in [-0.3, -0.25) is 9.98 Å². The second kappa shape index (κ2) is 6.10. The molecular weight excluding hydrogens is 274 g/mol. The van der Waals surface area contributed by atoms with Crippen LogP contribution >= 0.6 is 0 Å². The molecule has 0 spiro atoms. The van der Waals surface area contributed by atoms with Gasteiger partial charge in [0.2, 0.25) is 0 Å². The maximum Gasteiger partial charge on any atom is 0.142 e. The molecule has 0 aliphatic carbocycles. The lowest BCUT2D eigenvalue weighted by Crippen LogP contribution is -2.21. The van der Waals surface area contributed by atoms with Crippen LogP contribution in [-0.2, 0) is 11.4 Å². The summed E-state index contributed by atoms with van der Waals surface area (Å²) in [6.07, 6.45) is 0. The molecule has 0 amide bonds. The van der Waals surface area contributed by atoms with Crippen LogP contribution < -0.4 is 10.7 Å². The van der Waals surface area contributed by atoms with Crippen LogP contribution in [0, 0.1) is 13.8 Å². The minimum atomic E-state index is 0.435. The Morgan fingerprint density at radius 1 is 1.05 bits per heavy atom. The average Bonchev–Trinajstić information content (AvgIpc) is 2.97. The molecule has 0 atom stereocenters. The Balaban J connectivity index is 1.69. The van der Waals surface area contributed by atoms with Gasteiger partial charge in [-0.15, -0.1) is 0 Å². The first kappa shape index (κ1) is 14.4. The Morgan fingerprint density at radius 2 is 1.86 bits per heavy atom. The molecular formula is C18H19N3O. The Hall–Kier alpha value is -2.49. The predicted molar refractivity (Wildman–Crippen MR) is 86.5 cm³/mol. The molecule has 0 saturated heterocycles. The van der Waals surface area contributed by atoms with Crippen LogP contribution in [0.25, 0.3) is 0 Å². The van der Waals surface area contributed by atoms with E-state index in [1.807, 2.05) is 25.1 Å².